The first-order valence-corrected chi connectivity index (χ1v) is 10.3. The average molecular weight is 430 g/mol. The van der Waals surface area contributed by atoms with Gasteiger partial charge in [0.1, 0.15) is 11.6 Å². The Balaban J connectivity index is 1.94. The van der Waals surface area contributed by atoms with Gasteiger partial charge in [-0.2, -0.15) is 5.26 Å². The van der Waals surface area contributed by atoms with Crippen molar-refractivity contribution >= 4 is 21.6 Å². The molecule has 0 aliphatic heterocycles. The van der Waals surface area contributed by atoms with Crippen LogP contribution in [-0.2, 0) is 21.2 Å². The molecule has 0 aliphatic carbocycles. The third kappa shape index (κ3) is 6.23. The maximum absolute atomic E-state index is 12.2. The van der Waals surface area contributed by atoms with Gasteiger partial charge in [0.2, 0.25) is 10.0 Å². The average Bonchev–Trinajstić information content (AvgIpc) is 2.73. The quantitative estimate of drug-likeness (QED) is 0.311. The third-order valence-electron chi connectivity index (χ3n) is 4.06. The minimum atomic E-state index is -3.82. The number of methoxy groups -OCH3 is 2. The molecule has 0 atom stereocenters. The summed E-state index contributed by atoms with van der Waals surface area (Å²) in [5.41, 5.74) is 1.20. The minimum Gasteiger partial charge on any atom is -0.493 e. The second-order valence-corrected chi connectivity index (χ2v) is 7.65. The molecule has 30 heavy (non-hydrogen) atoms. The van der Waals surface area contributed by atoms with Crippen molar-refractivity contribution in [3.63, 3.8) is 0 Å². The van der Waals surface area contributed by atoms with E-state index in [0.29, 0.717) is 30.2 Å². The molecule has 0 spiro atoms. The maximum atomic E-state index is 12.2. The van der Waals surface area contributed by atoms with Gasteiger partial charge < -0.3 is 20.1 Å². The summed E-state index contributed by atoms with van der Waals surface area (Å²) in [4.78, 5) is 12.2. The summed E-state index contributed by atoms with van der Waals surface area (Å²) >= 11 is 0. The molecule has 0 bridgehead atoms. The first-order valence-electron chi connectivity index (χ1n) is 8.77. The number of hydrogen-bond acceptors (Lipinski definition) is 7. The van der Waals surface area contributed by atoms with Crippen LogP contribution in [0.4, 0.5) is 5.69 Å². The lowest BCUT2D eigenvalue weighted by molar-refractivity contribution is -0.112. The fourth-order valence-corrected chi connectivity index (χ4v) is 3.02. The van der Waals surface area contributed by atoms with E-state index in [0.717, 1.165) is 5.56 Å². The lowest BCUT2D eigenvalue weighted by Crippen LogP contribution is -2.18. The summed E-state index contributed by atoms with van der Waals surface area (Å²) in [6, 6.07) is 12.7. The molecule has 2 aromatic carbocycles. The van der Waals surface area contributed by atoms with Crippen molar-refractivity contribution in [3.8, 4) is 17.6 Å². The highest BCUT2D eigenvalue weighted by Crippen LogP contribution is 2.27. The fraction of sp³-hybridized carbons (Fsp3) is 0.200. The largest absolute Gasteiger partial charge is 0.493 e. The highest BCUT2D eigenvalue weighted by atomic mass is 32.2. The number of nitriles is 1. The second kappa shape index (κ2) is 10.3. The van der Waals surface area contributed by atoms with Crippen LogP contribution in [0.15, 0.2) is 59.1 Å². The number of amides is 1. The molecule has 9 nitrogen and oxygen atoms in total. The van der Waals surface area contributed by atoms with Gasteiger partial charge in [-0.25, -0.2) is 13.6 Å². The van der Waals surface area contributed by atoms with Gasteiger partial charge in [-0.1, -0.05) is 6.07 Å². The lowest BCUT2D eigenvalue weighted by Gasteiger charge is -2.09. The molecule has 2 aromatic rings. The molecule has 1 amide bonds. The van der Waals surface area contributed by atoms with Gasteiger partial charge in [-0.05, 0) is 48.4 Å². The number of sulfonamides is 1. The van der Waals surface area contributed by atoms with E-state index in [1.165, 1.54) is 30.5 Å². The highest BCUT2D eigenvalue weighted by molar-refractivity contribution is 7.89. The van der Waals surface area contributed by atoms with Crippen molar-refractivity contribution in [2.24, 2.45) is 5.14 Å². The molecular weight excluding hydrogens is 408 g/mol. The van der Waals surface area contributed by atoms with Crippen LogP contribution in [0.1, 0.15) is 5.56 Å². The van der Waals surface area contributed by atoms with Crippen molar-refractivity contribution in [2.75, 3.05) is 26.1 Å². The zero-order valence-electron chi connectivity index (χ0n) is 16.5. The Hall–Kier alpha value is -3.55. The molecule has 0 unspecified atom stereocenters. The number of carbonyl (C=O) groups is 1. The summed E-state index contributed by atoms with van der Waals surface area (Å²) < 4.78 is 33.0. The Morgan fingerprint density at radius 2 is 1.80 bits per heavy atom. The Morgan fingerprint density at radius 3 is 2.37 bits per heavy atom. The number of nitrogens with one attached hydrogen (secondary N) is 2. The molecule has 158 valence electrons. The van der Waals surface area contributed by atoms with Crippen molar-refractivity contribution in [1.29, 1.82) is 5.26 Å². The molecule has 0 aliphatic rings. The van der Waals surface area contributed by atoms with Gasteiger partial charge in [0.05, 0.1) is 19.1 Å². The molecule has 0 saturated carbocycles. The molecule has 0 radical (unpaired) electrons. The standard InChI is InChI=1S/C20H22N4O5S/c1-28-18-8-3-14(11-19(18)29-2)9-10-23-13-15(12-21)20(25)24-16-4-6-17(7-5-16)30(22,26)27/h3-8,11,13,23H,9-10H2,1-2H3,(H,24,25)(H2,22,26,27)/b15-13-. The van der Waals surface area contributed by atoms with Crippen LogP contribution in [-0.4, -0.2) is 35.1 Å². The molecule has 4 N–H and O–H groups in total. The number of primary sulfonamides is 1. The van der Waals surface area contributed by atoms with Crippen LogP contribution in [0, 0.1) is 11.3 Å². The molecule has 2 rings (SSSR count). The van der Waals surface area contributed by atoms with Crippen LogP contribution < -0.4 is 25.2 Å². The van der Waals surface area contributed by atoms with E-state index in [1.54, 1.807) is 20.3 Å². The number of nitrogens with two attached hydrogens (primary N) is 1. The van der Waals surface area contributed by atoms with Gasteiger partial charge in [0, 0.05) is 18.4 Å². The zero-order chi connectivity index (χ0) is 22.1. The van der Waals surface area contributed by atoms with E-state index >= 15 is 0 Å². The van der Waals surface area contributed by atoms with E-state index in [9.17, 15) is 18.5 Å². The maximum Gasteiger partial charge on any atom is 0.267 e. The smallest absolute Gasteiger partial charge is 0.267 e. The van der Waals surface area contributed by atoms with Gasteiger partial charge in [-0.3, -0.25) is 4.79 Å². The summed E-state index contributed by atoms with van der Waals surface area (Å²) in [5.74, 6) is 0.630. The Bertz CT molecular complexity index is 1070. The number of nitrogens with zero attached hydrogens (tertiary/aromatic N) is 1. The van der Waals surface area contributed by atoms with Crippen LogP contribution >= 0.6 is 0 Å². The van der Waals surface area contributed by atoms with Crippen LogP contribution in [0.2, 0.25) is 0 Å². The first kappa shape index (κ1) is 22.7. The first-order chi connectivity index (χ1) is 14.3. The zero-order valence-corrected chi connectivity index (χ0v) is 17.3. The molecule has 0 fully saturated rings. The van der Waals surface area contributed by atoms with E-state index in [1.807, 2.05) is 18.2 Å². The van der Waals surface area contributed by atoms with E-state index in [-0.39, 0.29) is 10.5 Å². The topological polar surface area (TPSA) is 144 Å². The van der Waals surface area contributed by atoms with Crippen LogP contribution in [0.3, 0.4) is 0 Å². The molecule has 0 aromatic heterocycles. The number of benzene rings is 2. The normalized spacial score (nSPS) is 11.3. The number of hydrogen-bond donors (Lipinski definition) is 3. The SMILES string of the molecule is COc1ccc(CCN/C=C(/C#N)C(=O)Nc2ccc(S(N)(=O)=O)cc2)cc1OC. The Kier molecular flexibility index (Phi) is 7.80. The van der Waals surface area contributed by atoms with E-state index < -0.39 is 15.9 Å². The van der Waals surface area contributed by atoms with Gasteiger partial charge in [0.15, 0.2) is 11.5 Å². The molecular formula is C20H22N4O5S. The van der Waals surface area contributed by atoms with Gasteiger partial charge in [-0.15, -0.1) is 0 Å². The second-order valence-electron chi connectivity index (χ2n) is 6.09. The summed E-state index contributed by atoms with van der Waals surface area (Å²) in [6.45, 7) is 0.483. The van der Waals surface area contributed by atoms with E-state index in [4.69, 9.17) is 14.6 Å². The summed E-state index contributed by atoms with van der Waals surface area (Å²) in [7, 11) is -0.696. The monoisotopic (exact) mass is 430 g/mol. The number of rotatable bonds is 9. The fourth-order valence-electron chi connectivity index (χ4n) is 2.50. The van der Waals surface area contributed by atoms with Crippen molar-refractivity contribution in [1.82, 2.24) is 5.32 Å². The predicted octanol–water partition coefficient (Wildman–Crippen LogP) is 1.53. The number of carbonyl (C=O) groups excluding carboxylic acids is 1. The molecule has 0 heterocycles. The Morgan fingerprint density at radius 1 is 1.13 bits per heavy atom. The number of ether oxygens (including phenoxy) is 2. The Labute approximate surface area is 175 Å². The van der Waals surface area contributed by atoms with Crippen molar-refractivity contribution in [3.05, 3.63) is 59.8 Å². The van der Waals surface area contributed by atoms with Gasteiger partial charge in [0.25, 0.3) is 5.91 Å². The lowest BCUT2D eigenvalue weighted by atomic mass is 10.1. The summed E-state index contributed by atoms with van der Waals surface area (Å²) in [5, 5.41) is 19.7. The number of anilines is 1. The third-order valence-corrected chi connectivity index (χ3v) is 4.99. The van der Waals surface area contributed by atoms with Crippen molar-refractivity contribution < 1.29 is 22.7 Å². The van der Waals surface area contributed by atoms with E-state index in [2.05, 4.69) is 10.6 Å². The summed E-state index contributed by atoms with van der Waals surface area (Å²) in [6.07, 6.45) is 1.96. The molecule has 10 heteroatoms. The highest BCUT2D eigenvalue weighted by Gasteiger charge is 2.11. The van der Waals surface area contributed by atoms with Crippen LogP contribution in [0.5, 0.6) is 11.5 Å². The molecule has 0 saturated heterocycles. The van der Waals surface area contributed by atoms with Crippen LogP contribution in [0.25, 0.3) is 0 Å². The van der Waals surface area contributed by atoms with Gasteiger partial charge >= 0.3 is 0 Å². The predicted molar refractivity (Wildman–Crippen MR) is 111 cm³/mol. The minimum absolute atomic E-state index is 0.0756. The van der Waals surface area contributed by atoms with Crippen molar-refractivity contribution in [2.45, 2.75) is 11.3 Å².